The van der Waals surface area contributed by atoms with E-state index in [0.717, 1.165) is 25.9 Å². The Morgan fingerprint density at radius 2 is 1.78 bits per heavy atom. The van der Waals surface area contributed by atoms with Crippen molar-refractivity contribution in [3.8, 4) is 0 Å². The minimum atomic E-state index is -0.0725. The molecule has 3 aliphatic heterocycles. The summed E-state index contributed by atoms with van der Waals surface area (Å²) in [4.78, 5) is 0. The van der Waals surface area contributed by atoms with Gasteiger partial charge < -0.3 is 18.9 Å². The van der Waals surface area contributed by atoms with Gasteiger partial charge in [0.1, 0.15) is 0 Å². The molecule has 0 bridgehead atoms. The van der Waals surface area contributed by atoms with Gasteiger partial charge in [-0.15, -0.1) is 0 Å². The summed E-state index contributed by atoms with van der Waals surface area (Å²) in [5.41, 5.74) is 0.0265. The molecule has 4 heteroatoms. The zero-order chi connectivity index (χ0) is 16.6. The fourth-order valence-corrected chi connectivity index (χ4v) is 5.19. The Kier molecular flexibility index (Phi) is 3.50. The Morgan fingerprint density at radius 3 is 2.30 bits per heavy atom. The van der Waals surface area contributed by atoms with Crippen LogP contribution in [0.15, 0.2) is 0 Å². The summed E-state index contributed by atoms with van der Waals surface area (Å²) in [6.07, 6.45) is 4.49. The van der Waals surface area contributed by atoms with Gasteiger partial charge >= 0.3 is 0 Å². The Bertz CT molecular complexity index is 484. The van der Waals surface area contributed by atoms with E-state index >= 15 is 0 Å². The standard InChI is InChI=1S/C19H32O4/c1-11(2)21-13-7-8-19(10-20-19)16(12(13)3)18(6)15(23-18)9-14-17(4,5)22-14/h11-16H,7-10H2,1-6H3/t12-,13-,14-,15-,16?,18?,19+/m1/s1. The lowest BCUT2D eigenvalue weighted by Crippen LogP contribution is -2.50. The monoisotopic (exact) mass is 324 g/mol. The lowest BCUT2D eigenvalue weighted by molar-refractivity contribution is -0.0930. The first-order chi connectivity index (χ1) is 10.7. The Balaban J connectivity index is 1.47. The van der Waals surface area contributed by atoms with E-state index in [1.165, 1.54) is 0 Å². The molecular formula is C19H32O4. The molecule has 4 fully saturated rings. The van der Waals surface area contributed by atoms with Gasteiger partial charge in [-0.2, -0.15) is 0 Å². The lowest BCUT2D eigenvalue weighted by Gasteiger charge is -2.43. The molecule has 0 amide bonds. The number of ether oxygens (including phenoxy) is 4. The fourth-order valence-electron chi connectivity index (χ4n) is 5.19. The molecule has 3 saturated heterocycles. The van der Waals surface area contributed by atoms with Gasteiger partial charge in [-0.1, -0.05) is 6.92 Å². The molecule has 1 saturated carbocycles. The third kappa shape index (κ3) is 2.66. The van der Waals surface area contributed by atoms with E-state index in [-0.39, 0.29) is 22.9 Å². The third-order valence-electron chi connectivity index (χ3n) is 6.68. The third-order valence-corrected chi connectivity index (χ3v) is 6.68. The molecule has 132 valence electrons. The maximum absolute atomic E-state index is 6.27. The van der Waals surface area contributed by atoms with Crippen LogP contribution in [-0.2, 0) is 18.9 Å². The van der Waals surface area contributed by atoms with Crippen molar-refractivity contribution in [1.82, 2.24) is 0 Å². The Morgan fingerprint density at radius 1 is 1.13 bits per heavy atom. The molecule has 3 heterocycles. The number of hydrogen-bond acceptors (Lipinski definition) is 4. The predicted octanol–water partition coefficient (Wildman–Crippen LogP) is 3.32. The molecule has 23 heavy (non-hydrogen) atoms. The zero-order valence-electron chi connectivity index (χ0n) is 15.4. The average molecular weight is 324 g/mol. The molecule has 4 aliphatic rings. The second kappa shape index (κ2) is 4.94. The first-order valence-electron chi connectivity index (χ1n) is 9.33. The van der Waals surface area contributed by atoms with Gasteiger partial charge in [0.05, 0.1) is 47.8 Å². The summed E-state index contributed by atoms with van der Waals surface area (Å²) in [6.45, 7) is 14.1. The molecule has 2 unspecified atom stereocenters. The van der Waals surface area contributed by atoms with Crippen LogP contribution in [0.1, 0.15) is 60.8 Å². The predicted molar refractivity (Wildman–Crippen MR) is 87.4 cm³/mol. The van der Waals surface area contributed by atoms with Gasteiger partial charge in [0.25, 0.3) is 0 Å². The molecule has 0 aromatic heterocycles. The summed E-state index contributed by atoms with van der Waals surface area (Å²) in [7, 11) is 0. The number of rotatable bonds is 5. The van der Waals surface area contributed by atoms with Crippen molar-refractivity contribution in [3.63, 3.8) is 0 Å². The molecule has 0 aromatic rings. The molecule has 4 nitrogen and oxygen atoms in total. The quantitative estimate of drug-likeness (QED) is 0.728. The molecule has 1 aliphatic carbocycles. The normalized spacial score (nSPS) is 53.6. The van der Waals surface area contributed by atoms with Crippen molar-refractivity contribution in [2.45, 2.75) is 102 Å². The summed E-state index contributed by atoms with van der Waals surface area (Å²) in [6, 6.07) is 0. The second-order valence-corrected chi connectivity index (χ2v) is 9.19. The van der Waals surface area contributed by atoms with Crippen molar-refractivity contribution in [3.05, 3.63) is 0 Å². The smallest absolute Gasteiger partial charge is 0.0981 e. The van der Waals surface area contributed by atoms with Gasteiger partial charge in [0.15, 0.2) is 0 Å². The summed E-state index contributed by atoms with van der Waals surface area (Å²) in [5.74, 6) is 0.899. The molecule has 0 aromatic carbocycles. The van der Waals surface area contributed by atoms with Gasteiger partial charge in [-0.25, -0.2) is 0 Å². The van der Waals surface area contributed by atoms with Gasteiger partial charge in [-0.3, -0.25) is 0 Å². The zero-order valence-corrected chi connectivity index (χ0v) is 15.4. The van der Waals surface area contributed by atoms with Gasteiger partial charge in [0.2, 0.25) is 0 Å². The molecule has 7 atom stereocenters. The highest BCUT2D eigenvalue weighted by Crippen LogP contribution is 2.61. The maximum atomic E-state index is 6.27. The van der Waals surface area contributed by atoms with Crippen LogP contribution in [0.2, 0.25) is 0 Å². The van der Waals surface area contributed by atoms with E-state index in [2.05, 4.69) is 41.5 Å². The van der Waals surface area contributed by atoms with Crippen LogP contribution in [0, 0.1) is 11.8 Å². The fraction of sp³-hybridized carbons (Fsp3) is 1.00. The van der Waals surface area contributed by atoms with Crippen molar-refractivity contribution < 1.29 is 18.9 Å². The summed E-state index contributed by atoms with van der Waals surface area (Å²) < 4.78 is 24.2. The molecular weight excluding hydrogens is 292 g/mol. The van der Waals surface area contributed by atoms with E-state index in [1.807, 2.05) is 0 Å². The van der Waals surface area contributed by atoms with Crippen molar-refractivity contribution in [2.24, 2.45) is 11.8 Å². The molecule has 1 spiro atoms. The highest BCUT2D eigenvalue weighted by Gasteiger charge is 2.72. The van der Waals surface area contributed by atoms with Crippen LogP contribution in [-0.4, -0.2) is 47.8 Å². The van der Waals surface area contributed by atoms with Crippen LogP contribution in [0.3, 0.4) is 0 Å². The van der Waals surface area contributed by atoms with Crippen molar-refractivity contribution >= 4 is 0 Å². The Labute approximate surface area is 140 Å². The lowest BCUT2D eigenvalue weighted by atomic mass is 9.64. The second-order valence-electron chi connectivity index (χ2n) is 9.19. The largest absolute Gasteiger partial charge is 0.375 e. The van der Waals surface area contributed by atoms with Crippen molar-refractivity contribution in [2.75, 3.05) is 6.61 Å². The van der Waals surface area contributed by atoms with Crippen LogP contribution < -0.4 is 0 Å². The molecule has 0 N–H and O–H groups in total. The van der Waals surface area contributed by atoms with Gasteiger partial charge in [0, 0.05) is 12.3 Å². The van der Waals surface area contributed by atoms with E-state index in [0.29, 0.717) is 30.1 Å². The number of hydrogen-bond donors (Lipinski definition) is 0. The van der Waals surface area contributed by atoms with E-state index in [1.54, 1.807) is 0 Å². The highest BCUT2D eigenvalue weighted by molar-refractivity contribution is 5.19. The van der Waals surface area contributed by atoms with E-state index in [9.17, 15) is 0 Å². The first kappa shape index (κ1) is 16.3. The summed E-state index contributed by atoms with van der Waals surface area (Å²) in [5, 5.41) is 0. The van der Waals surface area contributed by atoms with E-state index in [4.69, 9.17) is 18.9 Å². The number of epoxide rings is 3. The minimum Gasteiger partial charge on any atom is -0.375 e. The SMILES string of the molecule is CC(C)O[C@@H]1CC[C@]2(CO2)C(C2(C)O[C@@H]2C[C@H]2OC2(C)C)[C@@H]1C. The van der Waals surface area contributed by atoms with Crippen molar-refractivity contribution in [1.29, 1.82) is 0 Å². The van der Waals surface area contributed by atoms with Crippen LogP contribution >= 0.6 is 0 Å². The topological polar surface area (TPSA) is 46.8 Å². The van der Waals surface area contributed by atoms with E-state index < -0.39 is 0 Å². The molecule has 4 rings (SSSR count). The first-order valence-corrected chi connectivity index (χ1v) is 9.33. The van der Waals surface area contributed by atoms with Crippen LogP contribution in [0.25, 0.3) is 0 Å². The molecule has 0 radical (unpaired) electrons. The van der Waals surface area contributed by atoms with Crippen LogP contribution in [0.5, 0.6) is 0 Å². The van der Waals surface area contributed by atoms with Gasteiger partial charge in [-0.05, 0) is 53.4 Å². The minimum absolute atomic E-state index is 0.0437. The summed E-state index contributed by atoms with van der Waals surface area (Å²) >= 11 is 0. The average Bonchev–Trinajstić information content (AvgIpc) is 3.36. The maximum Gasteiger partial charge on any atom is 0.0981 e. The Hall–Kier alpha value is -0.160. The van der Waals surface area contributed by atoms with Crippen LogP contribution in [0.4, 0.5) is 0 Å². The highest BCUT2D eigenvalue weighted by atomic mass is 16.6.